The Hall–Kier alpha value is -0.530. The van der Waals surface area contributed by atoms with Crippen molar-refractivity contribution in [3.8, 4) is 0 Å². The molecule has 0 bridgehead atoms. The lowest BCUT2D eigenvalue weighted by Crippen LogP contribution is -2.16. The largest absolute Gasteiger partial charge is 0.386 e. The number of aliphatic hydroxyl groups is 1. The third-order valence-corrected chi connectivity index (χ3v) is 2.34. The predicted molar refractivity (Wildman–Crippen MR) is 51.4 cm³/mol. The standard InChI is InChI=1S/C10H13ClO/c1-7-8(10(2,3)12)5-4-6-9(7)11/h4-6,12H,1-3H3. The highest BCUT2D eigenvalue weighted by Crippen LogP contribution is 2.27. The normalized spacial score (nSPS) is 11.8. The average Bonchev–Trinajstić information content (AvgIpc) is 1.92. The van der Waals surface area contributed by atoms with Crippen molar-refractivity contribution in [1.82, 2.24) is 0 Å². The first kappa shape index (κ1) is 9.56. The van der Waals surface area contributed by atoms with Crippen molar-refractivity contribution < 1.29 is 5.11 Å². The highest BCUT2D eigenvalue weighted by molar-refractivity contribution is 6.31. The summed E-state index contributed by atoms with van der Waals surface area (Å²) in [4.78, 5) is 0. The molecule has 0 unspecified atom stereocenters. The number of hydrogen-bond donors (Lipinski definition) is 1. The molecule has 0 aliphatic rings. The van der Waals surface area contributed by atoms with Crippen molar-refractivity contribution in [2.75, 3.05) is 0 Å². The molecule has 0 fully saturated rings. The maximum atomic E-state index is 9.74. The number of benzene rings is 1. The van der Waals surface area contributed by atoms with Gasteiger partial charge in [-0.15, -0.1) is 0 Å². The van der Waals surface area contributed by atoms with Gasteiger partial charge in [0.25, 0.3) is 0 Å². The van der Waals surface area contributed by atoms with Crippen LogP contribution >= 0.6 is 11.6 Å². The minimum atomic E-state index is -0.811. The smallest absolute Gasteiger partial charge is 0.0843 e. The Kier molecular flexibility index (Phi) is 2.45. The van der Waals surface area contributed by atoms with E-state index in [-0.39, 0.29) is 0 Å². The fourth-order valence-electron chi connectivity index (χ4n) is 1.27. The van der Waals surface area contributed by atoms with E-state index in [0.717, 1.165) is 11.1 Å². The molecule has 0 radical (unpaired) electrons. The molecule has 0 aliphatic carbocycles. The van der Waals surface area contributed by atoms with Gasteiger partial charge in [-0.1, -0.05) is 23.7 Å². The first-order valence-electron chi connectivity index (χ1n) is 3.91. The second-order valence-corrected chi connectivity index (χ2v) is 3.88. The van der Waals surface area contributed by atoms with Crippen molar-refractivity contribution in [1.29, 1.82) is 0 Å². The first-order valence-corrected chi connectivity index (χ1v) is 4.28. The Bertz CT molecular complexity index is 286. The zero-order valence-corrected chi connectivity index (χ0v) is 8.31. The van der Waals surface area contributed by atoms with Crippen molar-refractivity contribution in [2.45, 2.75) is 26.4 Å². The summed E-state index contributed by atoms with van der Waals surface area (Å²) in [5, 5.41) is 10.4. The van der Waals surface area contributed by atoms with Crippen LogP contribution in [0, 0.1) is 6.92 Å². The lowest BCUT2D eigenvalue weighted by Gasteiger charge is -2.20. The molecule has 66 valence electrons. The summed E-state index contributed by atoms with van der Waals surface area (Å²) < 4.78 is 0. The summed E-state index contributed by atoms with van der Waals surface area (Å²) in [5.74, 6) is 0. The Balaban J connectivity index is 3.26. The minimum absolute atomic E-state index is 0.703. The summed E-state index contributed by atoms with van der Waals surface area (Å²) in [6.45, 7) is 5.42. The van der Waals surface area contributed by atoms with Crippen LogP contribution in [0.2, 0.25) is 5.02 Å². The van der Waals surface area contributed by atoms with E-state index in [1.165, 1.54) is 0 Å². The van der Waals surface area contributed by atoms with Gasteiger partial charge in [-0.3, -0.25) is 0 Å². The molecule has 0 saturated carbocycles. The van der Waals surface area contributed by atoms with Gasteiger partial charge in [-0.05, 0) is 38.0 Å². The summed E-state index contributed by atoms with van der Waals surface area (Å²) in [7, 11) is 0. The third kappa shape index (κ3) is 1.79. The van der Waals surface area contributed by atoms with E-state index in [4.69, 9.17) is 11.6 Å². The van der Waals surface area contributed by atoms with Gasteiger partial charge in [0.05, 0.1) is 5.60 Å². The predicted octanol–water partition coefficient (Wildman–Crippen LogP) is 2.88. The van der Waals surface area contributed by atoms with Gasteiger partial charge >= 0.3 is 0 Å². The molecule has 1 rings (SSSR count). The van der Waals surface area contributed by atoms with Crippen LogP contribution in [0.3, 0.4) is 0 Å². The van der Waals surface area contributed by atoms with E-state index in [9.17, 15) is 5.11 Å². The molecule has 1 N–H and O–H groups in total. The van der Waals surface area contributed by atoms with E-state index >= 15 is 0 Å². The quantitative estimate of drug-likeness (QED) is 0.712. The van der Waals surface area contributed by atoms with Crippen molar-refractivity contribution in [2.24, 2.45) is 0 Å². The summed E-state index contributed by atoms with van der Waals surface area (Å²) in [5.41, 5.74) is 1.02. The molecule has 12 heavy (non-hydrogen) atoms. The molecule has 1 aromatic carbocycles. The average molecular weight is 185 g/mol. The molecule has 1 nitrogen and oxygen atoms in total. The Morgan fingerprint density at radius 1 is 1.33 bits per heavy atom. The zero-order chi connectivity index (χ0) is 9.35. The second-order valence-electron chi connectivity index (χ2n) is 3.47. The van der Waals surface area contributed by atoms with E-state index < -0.39 is 5.60 Å². The number of hydrogen-bond acceptors (Lipinski definition) is 1. The first-order chi connectivity index (χ1) is 5.43. The third-order valence-electron chi connectivity index (χ3n) is 1.93. The van der Waals surface area contributed by atoms with Gasteiger partial charge in [0.2, 0.25) is 0 Å². The summed E-state index contributed by atoms with van der Waals surface area (Å²) in [6, 6.07) is 5.57. The molecular formula is C10H13ClO. The Labute approximate surface area is 78.0 Å². The van der Waals surface area contributed by atoms with Gasteiger partial charge < -0.3 is 5.11 Å². The highest BCUT2D eigenvalue weighted by Gasteiger charge is 2.18. The van der Waals surface area contributed by atoms with E-state index in [2.05, 4.69) is 0 Å². The van der Waals surface area contributed by atoms with Crippen molar-refractivity contribution in [3.63, 3.8) is 0 Å². The number of rotatable bonds is 1. The zero-order valence-electron chi connectivity index (χ0n) is 7.56. The van der Waals surface area contributed by atoms with Crippen LogP contribution in [-0.4, -0.2) is 5.11 Å². The second kappa shape index (κ2) is 3.08. The van der Waals surface area contributed by atoms with E-state index in [1.54, 1.807) is 13.8 Å². The maximum absolute atomic E-state index is 9.74. The topological polar surface area (TPSA) is 20.2 Å². The maximum Gasteiger partial charge on any atom is 0.0843 e. The molecule has 0 spiro atoms. The molecule has 1 aromatic rings. The van der Waals surface area contributed by atoms with Crippen molar-refractivity contribution in [3.05, 3.63) is 34.3 Å². The lowest BCUT2D eigenvalue weighted by molar-refractivity contribution is 0.0779. The summed E-state index contributed by atoms with van der Waals surface area (Å²) in [6.07, 6.45) is 0. The highest BCUT2D eigenvalue weighted by atomic mass is 35.5. The molecule has 0 amide bonds. The molecule has 0 aliphatic heterocycles. The van der Waals surface area contributed by atoms with Crippen LogP contribution < -0.4 is 0 Å². The lowest BCUT2D eigenvalue weighted by atomic mass is 9.94. The van der Waals surface area contributed by atoms with Crippen LogP contribution in [-0.2, 0) is 5.60 Å². The Morgan fingerprint density at radius 2 is 1.92 bits per heavy atom. The fourth-order valence-corrected chi connectivity index (χ4v) is 1.44. The fraction of sp³-hybridized carbons (Fsp3) is 0.400. The van der Waals surface area contributed by atoms with Gasteiger partial charge in [0.15, 0.2) is 0 Å². The van der Waals surface area contributed by atoms with Crippen molar-refractivity contribution >= 4 is 11.6 Å². The van der Waals surface area contributed by atoms with E-state index in [1.807, 2.05) is 25.1 Å². The molecule has 0 atom stereocenters. The SMILES string of the molecule is Cc1c(Cl)cccc1C(C)(C)O. The van der Waals surface area contributed by atoms with Crippen LogP contribution in [0.25, 0.3) is 0 Å². The molecule has 0 heterocycles. The van der Waals surface area contributed by atoms with Gasteiger partial charge in [0, 0.05) is 5.02 Å². The summed E-state index contributed by atoms with van der Waals surface area (Å²) >= 11 is 5.91. The van der Waals surface area contributed by atoms with Crippen LogP contribution in [0.5, 0.6) is 0 Å². The minimum Gasteiger partial charge on any atom is -0.386 e. The molecule has 0 saturated heterocycles. The van der Waals surface area contributed by atoms with E-state index in [0.29, 0.717) is 5.02 Å². The van der Waals surface area contributed by atoms with Gasteiger partial charge in [-0.25, -0.2) is 0 Å². The molecular weight excluding hydrogens is 172 g/mol. The Morgan fingerprint density at radius 3 is 2.33 bits per heavy atom. The van der Waals surface area contributed by atoms with Gasteiger partial charge in [0.1, 0.15) is 0 Å². The number of halogens is 1. The van der Waals surface area contributed by atoms with Crippen LogP contribution in [0.4, 0.5) is 0 Å². The van der Waals surface area contributed by atoms with Crippen LogP contribution in [0.15, 0.2) is 18.2 Å². The van der Waals surface area contributed by atoms with Gasteiger partial charge in [-0.2, -0.15) is 0 Å². The molecule has 0 aromatic heterocycles. The molecule has 2 heteroatoms. The van der Waals surface area contributed by atoms with Crippen LogP contribution in [0.1, 0.15) is 25.0 Å². The monoisotopic (exact) mass is 184 g/mol.